The van der Waals surface area contributed by atoms with Crippen LogP contribution in [0, 0.1) is 5.92 Å². The SMILES string of the molecule is O=C(CN1CCC[C@H](O)C1)NCc1cc2n(n1)CCCN(C(=O)C1CCC1)C2. The summed E-state index contributed by atoms with van der Waals surface area (Å²) in [5.41, 5.74) is 1.88. The maximum atomic E-state index is 12.6. The van der Waals surface area contributed by atoms with Gasteiger partial charge >= 0.3 is 0 Å². The summed E-state index contributed by atoms with van der Waals surface area (Å²) < 4.78 is 1.98. The third-order valence-electron chi connectivity index (χ3n) is 6.15. The van der Waals surface area contributed by atoms with Crippen molar-refractivity contribution in [2.24, 2.45) is 5.92 Å². The fourth-order valence-corrected chi connectivity index (χ4v) is 4.33. The molecule has 1 aromatic rings. The molecule has 0 spiro atoms. The van der Waals surface area contributed by atoms with E-state index in [4.69, 9.17) is 0 Å². The zero-order chi connectivity index (χ0) is 19.5. The standard InChI is InChI=1S/C20H31N5O3/c26-18-6-2-7-23(13-18)14-19(27)21-11-16-10-17-12-24(8-3-9-25(17)22-16)20(28)15-4-1-5-15/h10,15,18,26H,1-9,11-14H2,(H,21,27)/t18-/m0/s1. The number of aromatic nitrogens is 2. The second-order valence-electron chi connectivity index (χ2n) is 8.40. The summed E-state index contributed by atoms with van der Waals surface area (Å²) in [5, 5.41) is 17.3. The molecule has 3 heterocycles. The second-order valence-corrected chi connectivity index (χ2v) is 8.40. The molecule has 1 saturated carbocycles. The highest BCUT2D eigenvalue weighted by molar-refractivity contribution is 5.79. The van der Waals surface area contributed by atoms with E-state index in [1.54, 1.807) is 0 Å². The van der Waals surface area contributed by atoms with Gasteiger partial charge in [0.05, 0.1) is 37.1 Å². The van der Waals surface area contributed by atoms with Gasteiger partial charge in [-0.25, -0.2) is 0 Å². The third kappa shape index (κ3) is 4.55. The molecule has 3 aliphatic rings. The van der Waals surface area contributed by atoms with Crippen molar-refractivity contribution >= 4 is 11.8 Å². The van der Waals surface area contributed by atoms with E-state index in [-0.39, 0.29) is 17.9 Å². The summed E-state index contributed by atoms with van der Waals surface area (Å²) in [4.78, 5) is 28.8. The molecule has 2 aliphatic heterocycles. The molecule has 1 saturated heterocycles. The van der Waals surface area contributed by atoms with Crippen molar-refractivity contribution in [3.05, 3.63) is 17.5 Å². The van der Waals surface area contributed by atoms with Crippen molar-refractivity contribution < 1.29 is 14.7 Å². The van der Waals surface area contributed by atoms with Crippen molar-refractivity contribution in [1.82, 2.24) is 24.9 Å². The highest BCUT2D eigenvalue weighted by atomic mass is 16.3. The minimum Gasteiger partial charge on any atom is -0.392 e. The first-order valence-corrected chi connectivity index (χ1v) is 10.6. The van der Waals surface area contributed by atoms with Crippen LogP contribution in [-0.4, -0.2) is 68.8 Å². The van der Waals surface area contributed by atoms with E-state index in [0.717, 1.165) is 63.1 Å². The van der Waals surface area contributed by atoms with Crippen molar-refractivity contribution in [1.29, 1.82) is 0 Å². The lowest BCUT2D eigenvalue weighted by Gasteiger charge is -2.30. The number of nitrogens with zero attached hydrogens (tertiary/aromatic N) is 4. The van der Waals surface area contributed by atoms with E-state index in [9.17, 15) is 14.7 Å². The molecule has 8 nitrogen and oxygen atoms in total. The van der Waals surface area contributed by atoms with Gasteiger partial charge in [0.25, 0.3) is 0 Å². The molecule has 4 rings (SSSR count). The Labute approximate surface area is 165 Å². The van der Waals surface area contributed by atoms with Crippen LogP contribution in [0.2, 0.25) is 0 Å². The number of carbonyl (C=O) groups is 2. The Hall–Kier alpha value is -1.93. The molecule has 28 heavy (non-hydrogen) atoms. The molecular weight excluding hydrogens is 358 g/mol. The highest BCUT2D eigenvalue weighted by Gasteiger charge is 2.30. The summed E-state index contributed by atoms with van der Waals surface area (Å²) in [5.74, 6) is 0.472. The Morgan fingerprint density at radius 1 is 1.14 bits per heavy atom. The Morgan fingerprint density at radius 2 is 2.00 bits per heavy atom. The Bertz CT molecular complexity index is 715. The number of aryl methyl sites for hydroxylation is 1. The lowest BCUT2D eigenvalue weighted by molar-refractivity contribution is -0.138. The number of aliphatic hydroxyl groups is 1. The molecule has 2 amide bonds. The summed E-state index contributed by atoms with van der Waals surface area (Å²) >= 11 is 0. The minimum atomic E-state index is -0.323. The Morgan fingerprint density at radius 3 is 2.75 bits per heavy atom. The van der Waals surface area contributed by atoms with Gasteiger partial charge in [0.1, 0.15) is 0 Å². The minimum absolute atomic E-state index is 0.0425. The maximum absolute atomic E-state index is 12.6. The van der Waals surface area contributed by atoms with Gasteiger partial charge in [-0.2, -0.15) is 5.10 Å². The van der Waals surface area contributed by atoms with Crippen molar-refractivity contribution in [2.75, 3.05) is 26.2 Å². The number of rotatable bonds is 5. The van der Waals surface area contributed by atoms with E-state index >= 15 is 0 Å². The average molecular weight is 390 g/mol. The summed E-state index contributed by atoms with van der Waals surface area (Å²) in [6.07, 6.45) is 5.56. The first kappa shape index (κ1) is 19.4. The molecule has 0 bridgehead atoms. The van der Waals surface area contributed by atoms with Crippen LogP contribution in [0.25, 0.3) is 0 Å². The molecule has 1 aromatic heterocycles. The van der Waals surface area contributed by atoms with Gasteiger partial charge in [-0.15, -0.1) is 0 Å². The van der Waals surface area contributed by atoms with E-state index in [1.165, 1.54) is 6.42 Å². The summed E-state index contributed by atoms with van der Waals surface area (Å²) in [6.45, 7) is 4.35. The predicted octanol–water partition coefficient (Wildman–Crippen LogP) is 0.488. The van der Waals surface area contributed by atoms with Crippen LogP contribution < -0.4 is 5.32 Å². The summed E-state index contributed by atoms with van der Waals surface area (Å²) in [7, 11) is 0. The molecule has 2 fully saturated rings. The van der Waals surface area contributed by atoms with Crippen LogP contribution >= 0.6 is 0 Å². The van der Waals surface area contributed by atoms with E-state index in [2.05, 4.69) is 10.4 Å². The molecule has 1 aliphatic carbocycles. The number of piperidine rings is 1. The number of hydrogen-bond donors (Lipinski definition) is 2. The average Bonchev–Trinajstić information content (AvgIpc) is 2.88. The number of hydrogen-bond acceptors (Lipinski definition) is 5. The van der Waals surface area contributed by atoms with Crippen LogP contribution in [0.4, 0.5) is 0 Å². The molecule has 1 atom stereocenters. The van der Waals surface area contributed by atoms with Gasteiger partial charge in [0, 0.05) is 25.6 Å². The smallest absolute Gasteiger partial charge is 0.234 e. The molecule has 2 N–H and O–H groups in total. The number of β-amino-alcohol motifs (C(OH)–C–C–N with tert-alkyl or cyclic N) is 1. The monoisotopic (exact) mass is 389 g/mol. The van der Waals surface area contributed by atoms with Gasteiger partial charge in [0.15, 0.2) is 0 Å². The van der Waals surface area contributed by atoms with E-state index in [1.807, 2.05) is 20.5 Å². The van der Waals surface area contributed by atoms with Crippen LogP contribution in [0.3, 0.4) is 0 Å². The van der Waals surface area contributed by atoms with Gasteiger partial charge in [-0.05, 0) is 44.7 Å². The maximum Gasteiger partial charge on any atom is 0.234 e. The normalized spacial score (nSPS) is 23.6. The largest absolute Gasteiger partial charge is 0.392 e. The lowest BCUT2D eigenvalue weighted by atomic mass is 9.84. The molecular formula is C20H31N5O3. The molecule has 154 valence electrons. The number of nitrogens with one attached hydrogen (secondary N) is 1. The second kappa shape index (κ2) is 8.61. The number of fused-ring (bicyclic) bond motifs is 1. The molecule has 0 aromatic carbocycles. The van der Waals surface area contributed by atoms with Crippen LogP contribution in [0.1, 0.15) is 49.9 Å². The Kier molecular flexibility index (Phi) is 5.96. The van der Waals surface area contributed by atoms with Gasteiger partial charge in [-0.1, -0.05) is 6.42 Å². The zero-order valence-electron chi connectivity index (χ0n) is 16.5. The quantitative estimate of drug-likeness (QED) is 0.765. The first-order valence-electron chi connectivity index (χ1n) is 10.6. The van der Waals surface area contributed by atoms with Crippen LogP contribution in [-0.2, 0) is 29.2 Å². The van der Waals surface area contributed by atoms with E-state index in [0.29, 0.717) is 32.1 Å². The fourth-order valence-electron chi connectivity index (χ4n) is 4.33. The van der Waals surface area contributed by atoms with Crippen molar-refractivity contribution in [3.8, 4) is 0 Å². The first-order chi connectivity index (χ1) is 13.6. The van der Waals surface area contributed by atoms with Gasteiger partial charge < -0.3 is 15.3 Å². The zero-order valence-corrected chi connectivity index (χ0v) is 16.5. The fraction of sp³-hybridized carbons (Fsp3) is 0.750. The Balaban J connectivity index is 1.29. The highest BCUT2D eigenvalue weighted by Crippen LogP contribution is 2.29. The molecule has 0 radical (unpaired) electrons. The topological polar surface area (TPSA) is 90.7 Å². The van der Waals surface area contributed by atoms with Crippen LogP contribution in [0.15, 0.2) is 6.07 Å². The summed E-state index contributed by atoms with van der Waals surface area (Å²) in [6, 6.07) is 2.01. The lowest BCUT2D eigenvalue weighted by Crippen LogP contribution is -2.44. The molecule has 8 heteroatoms. The number of carbonyl (C=O) groups excluding carboxylic acids is 2. The van der Waals surface area contributed by atoms with Gasteiger partial charge in [-0.3, -0.25) is 19.2 Å². The number of amides is 2. The third-order valence-corrected chi connectivity index (χ3v) is 6.15. The van der Waals surface area contributed by atoms with E-state index < -0.39 is 0 Å². The number of likely N-dealkylation sites (tertiary alicyclic amines) is 1. The van der Waals surface area contributed by atoms with Crippen LogP contribution in [0.5, 0.6) is 0 Å². The van der Waals surface area contributed by atoms with Crippen molar-refractivity contribution in [2.45, 2.75) is 64.3 Å². The van der Waals surface area contributed by atoms with Gasteiger partial charge in [0.2, 0.25) is 11.8 Å². The number of aliphatic hydroxyl groups excluding tert-OH is 1. The van der Waals surface area contributed by atoms with Crippen molar-refractivity contribution in [3.63, 3.8) is 0 Å². The molecule has 0 unspecified atom stereocenters. The predicted molar refractivity (Wildman–Crippen MR) is 103 cm³/mol.